The lowest BCUT2D eigenvalue weighted by molar-refractivity contribution is 0.476. The predicted molar refractivity (Wildman–Crippen MR) is 113 cm³/mol. The molecule has 0 aliphatic heterocycles. The highest BCUT2D eigenvalue weighted by Gasteiger charge is 2.07. The minimum absolute atomic E-state index is 0.118. The number of nitrogens with zero attached hydrogens (tertiary/aromatic N) is 3. The van der Waals surface area contributed by atoms with Crippen LogP contribution >= 0.6 is 11.3 Å². The molecule has 0 aliphatic carbocycles. The summed E-state index contributed by atoms with van der Waals surface area (Å²) in [6.45, 7) is 6.10. The van der Waals surface area contributed by atoms with E-state index in [9.17, 15) is 5.11 Å². The Bertz CT molecular complexity index is 1070. The second-order valence-corrected chi connectivity index (χ2v) is 6.68. The van der Waals surface area contributed by atoms with Crippen LogP contribution in [0.5, 0.6) is 5.75 Å². The lowest BCUT2D eigenvalue weighted by Crippen LogP contribution is -1.75. The van der Waals surface area contributed by atoms with Crippen molar-refractivity contribution in [3.05, 3.63) is 72.3 Å². The number of rotatable bonds is 3. The van der Waals surface area contributed by atoms with Gasteiger partial charge in [0, 0.05) is 5.56 Å². The largest absolute Gasteiger partial charge is 0.506 e. The second kappa shape index (κ2) is 8.56. The molecular formula is C22H21N3OS. The van der Waals surface area contributed by atoms with E-state index in [0.717, 1.165) is 21.8 Å². The molecule has 0 spiro atoms. The first-order valence-corrected chi connectivity index (χ1v) is 9.69. The van der Waals surface area contributed by atoms with E-state index in [1.165, 1.54) is 10.3 Å². The van der Waals surface area contributed by atoms with Crippen molar-refractivity contribution in [2.24, 2.45) is 10.2 Å². The highest BCUT2D eigenvalue weighted by molar-refractivity contribution is 7.21. The summed E-state index contributed by atoms with van der Waals surface area (Å²) in [6, 6.07) is 20.8. The van der Waals surface area contributed by atoms with Gasteiger partial charge in [0.1, 0.15) is 16.4 Å². The summed E-state index contributed by atoms with van der Waals surface area (Å²) in [7, 11) is 0. The zero-order valence-corrected chi connectivity index (χ0v) is 16.4. The number of phenols is 1. The Labute approximate surface area is 162 Å². The van der Waals surface area contributed by atoms with E-state index >= 15 is 0 Å². The molecule has 4 nitrogen and oxygen atoms in total. The molecule has 5 heteroatoms. The van der Waals surface area contributed by atoms with Gasteiger partial charge < -0.3 is 5.11 Å². The van der Waals surface area contributed by atoms with E-state index in [1.54, 1.807) is 29.5 Å². The number of aryl methyl sites for hydroxylation is 1. The first-order chi connectivity index (χ1) is 13.2. The van der Waals surface area contributed by atoms with Crippen molar-refractivity contribution in [3.63, 3.8) is 0 Å². The van der Waals surface area contributed by atoms with Crippen LogP contribution in [0.4, 0.5) is 11.4 Å². The fourth-order valence-corrected chi connectivity index (χ4v) is 3.58. The van der Waals surface area contributed by atoms with Crippen molar-refractivity contribution in [1.29, 1.82) is 0 Å². The fraction of sp³-hybridized carbons (Fsp3) is 0.136. The van der Waals surface area contributed by atoms with Gasteiger partial charge in [-0.2, -0.15) is 5.11 Å². The van der Waals surface area contributed by atoms with Gasteiger partial charge in [-0.15, -0.1) is 16.5 Å². The maximum Gasteiger partial charge on any atom is 0.143 e. The summed E-state index contributed by atoms with van der Waals surface area (Å²) in [5.74, 6) is 0.118. The molecule has 4 aromatic rings. The Hall–Kier alpha value is -3.05. The van der Waals surface area contributed by atoms with Crippen molar-refractivity contribution in [2.45, 2.75) is 20.8 Å². The summed E-state index contributed by atoms with van der Waals surface area (Å²) in [5.41, 5.74) is 4.51. The summed E-state index contributed by atoms with van der Waals surface area (Å²) in [5, 5.41) is 19.0. The number of hydrogen-bond acceptors (Lipinski definition) is 5. The normalized spacial score (nSPS) is 10.8. The van der Waals surface area contributed by atoms with Crippen LogP contribution in [0.15, 0.2) is 77.0 Å². The molecule has 1 aromatic heterocycles. The lowest BCUT2D eigenvalue weighted by Gasteiger charge is -1.98. The highest BCUT2D eigenvalue weighted by atomic mass is 32.1. The standard InChI is InChI=1S/C20H15N3OS.C2H6/c1-13-5-4-7-17-19(13)25-20(21-17)14-9-11-15(12-10-14)22-23-16-6-2-3-8-18(16)24;1-2/h2-12,24H,1H3;1-2H3. The van der Waals surface area contributed by atoms with Crippen LogP contribution in [0, 0.1) is 6.92 Å². The van der Waals surface area contributed by atoms with Crippen LogP contribution in [0.3, 0.4) is 0 Å². The Balaban J connectivity index is 0.00000102. The maximum absolute atomic E-state index is 9.71. The summed E-state index contributed by atoms with van der Waals surface area (Å²) in [6.07, 6.45) is 0. The molecule has 136 valence electrons. The number of aromatic hydroxyl groups is 1. The highest BCUT2D eigenvalue weighted by Crippen LogP contribution is 2.33. The van der Waals surface area contributed by atoms with Gasteiger partial charge in [0.2, 0.25) is 0 Å². The minimum atomic E-state index is 0.118. The molecule has 0 fully saturated rings. The van der Waals surface area contributed by atoms with Gasteiger partial charge >= 0.3 is 0 Å². The Kier molecular flexibility index (Phi) is 5.94. The molecule has 0 radical (unpaired) electrons. The molecule has 0 saturated carbocycles. The molecule has 0 amide bonds. The number of thiazole rings is 1. The number of benzene rings is 3. The van der Waals surface area contributed by atoms with Crippen LogP contribution in [-0.4, -0.2) is 10.1 Å². The number of fused-ring (bicyclic) bond motifs is 1. The van der Waals surface area contributed by atoms with Crippen LogP contribution in [0.2, 0.25) is 0 Å². The smallest absolute Gasteiger partial charge is 0.143 e. The summed E-state index contributed by atoms with van der Waals surface area (Å²) < 4.78 is 1.22. The molecule has 1 heterocycles. The van der Waals surface area contributed by atoms with Gasteiger partial charge in [-0.3, -0.25) is 0 Å². The lowest BCUT2D eigenvalue weighted by atomic mass is 10.2. The minimum Gasteiger partial charge on any atom is -0.506 e. The van der Waals surface area contributed by atoms with Crippen molar-refractivity contribution in [1.82, 2.24) is 4.98 Å². The summed E-state index contributed by atoms with van der Waals surface area (Å²) in [4.78, 5) is 4.71. The average molecular weight is 375 g/mol. The van der Waals surface area contributed by atoms with Crippen LogP contribution in [0.25, 0.3) is 20.8 Å². The monoisotopic (exact) mass is 375 g/mol. The molecule has 0 bridgehead atoms. The van der Waals surface area contributed by atoms with Crippen LogP contribution in [-0.2, 0) is 0 Å². The number of azo groups is 1. The van der Waals surface area contributed by atoms with Crippen LogP contribution in [0.1, 0.15) is 19.4 Å². The molecule has 27 heavy (non-hydrogen) atoms. The first-order valence-electron chi connectivity index (χ1n) is 8.87. The SMILES string of the molecule is CC.Cc1cccc2nc(-c3ccc(N=Nc4ccccc4O)cc3)sc12. The van der Waals surface area contributed by atoms with Gasteiger partial charge in [-0.1, -0.05) is 38.1 Å². The van der Waals surface area contributed by atoms with Crippen LogP contribution < -0.4 is 0 Å². The van der Waals surface area contributed by atoms with E-state index in [-0.39, 0.29) is 5.75 Å². The number of hydrogen-bond donors (Lipinski definition) is 1. The van der Waals surface area contributed by atoms with Crippen molar-refractivity contribution in [3.8, 4) is 16.3 Å². The molecule has 1 N–H and O–H groups in total. The second-order valence-electron chi connectivity index (χ2n) is 5.68. The van der Waals surface area contributed by atoms with Gasteiger partial charge in [-0.25, -0.2) is 4.98 Å². The Morgan fingerprint density at radius 1 is 0.852 bits per heavy atom. The average Bonchev–Trinajstić information content (AvgIpc) is 3.15. The van der Waals surface area contributed by atoms with E-state index in [0.29, 0.717) is 5.69 Å². The Morgan fingerprint density at radius 2 is 1.59 bits per heavy atom. The fourth-order valence-electron chi connectivity index (χ4n) is 2.54. The molecule has 0 unspecified atom stereocenters. The third kappa shape index (κ3) is 4.20. The topological polar surface area (TPSA) is 57.8 Å². The van der Waals surface area contributed by atoms with E-state index in [1.807, 2.05) is 56.3 Å². The zero-order valence-electron chi connectivity index (χ0n) is 15.5. The van der Waals surface area contributed by atoms with E-state index in [2.05, 4.69) is 23.2 Å². The maximum atomic E-state index is 9.71. The van der Waals surface area contributed by atoms with Crippen molar-refractivity contribution in [2.75, 3.05) is 0 Å². The zero-order chi connectivity index (χ0) is 19.2. The third-order valence-corrected chi connectivity index (χ3v) is 5.14. The number of phenolic OH excluding ortho intramolecular Hbond substituents is 1. The molecule has 3 aromatic carbocycles. The van der Waals surface area contributed by atoms with Gasteiger partial charge in [0.15, 0.2) is 0 Å². The summed E-state index contributed by atoms with van der Waals surface area (Å²) >= 11 is 1.70. The molecule has 0 aliphatic rings. The Morgan fingerprint density at radius 3 is 2.30 bits per heavy atom. The van der Waals surface area contributed by atoms with Gasteiger partial charge in [0.05, 0.1) is 15.9 Å². The molecule has 0 atom stereocenters. The quantitative estimate of drug-likeness (QED) is 0.379. The van der Waals surface area contributed by atoms with Gasteiger partial charge in [0.25, 0.3) is 0 Å². The number of para-hydroxylation sites is 1. The van der Waals surface area contributed by atoms with E-state index in [4.69, 9.17) is 4.98 Å². The third-order valence-electron chi connectivity index (χ3n) is 3.88. The first kappa shape index (κ1) is 18.7. The predicted octanol–water partition coefficient (Wildman–Crippen LogP) is 7.42. The van der Waals surface area contributed by atoms with Crippen molar-refractivity contribution < 1.29 is 5.11 Å². The molecule has 0 saturated heterocycles. The molecular weight excluding hydrogens is 354 g/mol. The number of aromatic nitrogens is 1. The molecule has 4 rings (SSSR count). The van der Waals surface area contributed by atoms with Gasteiger partial charge in [-0.05, 0) is 55.0 Å². The van der Waals surface area contributed by atoms with E-state index < -0.39 is 0 Å². The van der Waals surface area contributed by atoms with Crippen molar-refractivity contribution >= 4 is 32.9 Å².